The first-order valence-corrected chi connectivity index (χ1v) is 10.7. The van der Waals surface area contributed by atoms with Crippen LogP contribution in [-0.4, -0.2) is 45.2 Å². The first-order valence-electron chi connectivity index (χ1n) is 9.27. The molecule has 2 aromatic rings. The normalized spacial score (nSPS) is 11.8. The summed E-state index contributed by atoms with van der Waals surface area (Å²) in [6.45, 7) is 5.84. The second-order valence-electron chi connectivity index (χ2n) is 7.85. The summed E-state index contributed by atoms with van der Waals surface area (Å²) >= 11 is 0. The molecule has 8 nitrogen and oxygen atoms in total. The molecule has 0 spiro atoms. The SMILES string of the molecule is CN(C)S(=O)(=O)c1cccc(C(=O)NNC(=O)COc2ccccc2C(C)(C)C)c1. The number of nitrogens with zero attached hydrogens (tertiary/aromatic N) is 1. The molecule has 0 aliphatic carbocycles. The van der Waals surface area contributed by atoms with Gasteiger partial charge in [0.1, 0.15) is 5.75 Å². The van der Waals surface area contributed by atoms with Crippen LogP contribution in [0.25, 0.3) is 0 Å². The molecule has 0 heterocycles. The number of rotatable bonds is 6. The standard InChI is InChI=1S/C21H27N3O5S/c1-21(2,3)17-11-6-7-12-18(17)29-14-19(25)22-23-20(26)15-9-8-10-16(13-15)30(27,28)24(4)5/h6-13H,14H2,1-5H3,(H,22,25)(H,23,26). The summed E-state index contributed by atoms with van der Waals surface area (Å²) in [5, 5.41) is 0. The van der Waals surface area contributed by atoms with E-state index in [1.165, 1.54) is 38.4 Å². The molecular formula is C21H27N3O5S. The number of benzene rings is 2. The van der Waals surface area contributed by atoms with E-state index >= 15 is 0 Å². The zero-order chi connectivity index (χ0) is 22.5. The van der Waals surface area contributed by atoms with Gasteiger partial charge in [-0.2, -0.15) is 0 Å². The van der Waals surface area contributed by atoms with E-state index in [1.807, 2.05) is 39.0 Å². The molecule has 0 fully saturated rings. The van der Waals surface area contributed by atoms with Gasteiger partial charge in [0, 0.05) is 19.7 Å². The highest BCUT2D eigenvalue weighted by Gasteiger charge is 2.20. The van der Waals surface area contributed by atoms with Crippen molar-refractivity contribution in [3.8, 4) is 5.75 Å². The summed E-state index contributed by atoms with van der Waals surface area (Å²) in [5.74, 6) is -0.605. The lowest BCUT2D eigenvalue weighted by Crippen LogP contribution is -2.44. The Labute approximate surface area is 177 Å². The minimum Gasteiger partial charge on any atom is -0.483 e. The quantitative estimate of drug-likeness (QED) is 0.679. The molecule has 0 bridgehead atoms. The molecule has 0 aromatic heterocycles. The third-order valence-electron chi connectivity index (χ3n) is 4.24. The van der Waals surface area contributed by atoms with Gasteiger partial charge in [-0.05, 0) is 35.2 Å². The fraction of sp³-hybridized carbons (Fsp3) is 0.333. The number of hydrogen-bond donors (Lipinski definition) is 2. The van der Waals surface area contributed by atoms with Crippen molar-refractivity contribution in [2.24, 2.45) is 0 Å². The summed E-state index contributed by atoms with van der Waals surface area (Å²) in [6.07, 6.45) is 0. The van der Waals surface area contributed by atoms with E-state index in [0.29, 0.717) is 5.75 Å². The van der Waals surface area contributed by atoms with Crippen LogP contribution >= 0.6 is 0 Å². The van der Waals surface area contributed by atoms with Crippen molar-refractivity contribution in [3.63, 3.8) is 0 Å². The van der Waals surface area contributed by atoms with Gasteiger partial charge in [0.25, 0.3) is 11.8 Å². The van der Waals surface area contributed by atoms with Crippen molar-refractivity contribution in [3.05, 3.63) is 59.7 Å². The Morgan fingerprint density at radius 2 is 1.67 bits per heavy atom. The highest BCUT2D eigenvalue weighted by molar-refractivity contribution is 7.89. The predicted octanol–water partition coefficient (Wildman–Crippen LogP) is 2.07. The maximum Gasteiger partial charge on any atom is 0.276 e. The first-order chi connectivity index (χ1) is 13.9. The number of carbonyl (C=O) groups excluding carboxylic acids is 2. The second-order valence-corrected chi connectivity index (χ2v) is 10.0. The molecular weight excluding hydrogens is 406 g/mol. The molecule has 0 unspecified atom stereocenters. The Bertz CT molecular complexity index is 1030. The minimum atomic E-state index is -3.67. The number of carbonyl (C=O) groups is 2. The van der Waals surface area contributed by atoms with Crippen molar-refractivity contribution >= 4 is 21.8 Å². The van der Waals surface area contributed by atoms with Crippen LogP contribution in [0.15, 0.2) is 53.4 Å². The molecule has 9 heteroatoms. The van der Waals surface area contributed by atoms with Crippen molar-refractivity contribution in [1.29, 1.82) is 0 Å². The maximum absolute atomic E-state index is 12.3. The Balaban J connectivity index is 1.97. The monoisotopic (exact) mass is 433 g/mol. The maximum atomic E-state index is 12.3. The highest BCUT2D eigenvalue weighted by Crippen LogP contribution is 2.30. The van der Waals surface area contributed by atoms with Gasteiger partial charge in [-0.15, -0.1) is 0 Å². The summed E-state index contributed by atoms with van der Waals surface area (Å²) in [7, 11) is -0.868. The van der Waals surface area contributed by atoms with Gasteiger partial charge in [-0.1, -0.05) is 45.0 Å². The zero-order valence-electron chi connectivity index (χ0n) is 17.7. The Hall–Kier alpha value is -2.91. The molecule has 2 N–H and O–H groups in total. The molecule has 162 valence electrons. The van der Waals surface area contributed by atoms with Crippen LogP contribution < -0.4 is 15.6 Å². The highest BCUT2D eigenvalue weighted by atomic mass is 32.2. The van der Waals surface area contributed by atoms with Crippen LogP contribution in [0.1, 0.15) is 36.7 Å². The molecule has 0 aliphatic rings. The number of amides is 2. The van der Waals surface area contributed by atoms with E-state index in [0.717, 1.165) is 9.87 Å². The number of para-hydroxylation sites is 1. The van der Waals surface area contributed by atoms with Crippen LogP contribution in [0.3, 0.4) is 0 Å². The average molecular weight is 434 g/mol. The molecule has 0 atom stereocenters. The molecule has 2 rings (SSSR count). The van der Waals surface area contributed by atoms with Crippen LogP contribution in [0.5, 0.6) is 5.75 Å². The Morgan fingerprint density at radius 1 is 1.00 bits per heavy atom. The van der Waals surface area contributed by atoms with E-state index in [-0.39, 0.29) is 22.5 Å². The molecule has 2 aromatic carbocycles. The van der Waals surface area contributed by atoms with Gasteiger partial charge in [-0.3, -0.25) is 20.4 Å². The summed E-state index contributed by atoms with van der Waals surface area (Å²) in [4.78, 5) is 24.3. The average Bonchev–Trinajstić information content (AvgIpc) is 2.70. The lowest BCUT2D eigenvalue weighted by Gasteiger charge is -2.22. The minimum absolute atomic E-state index is 0.0198. The van der Waals surface area contributed by atoms with E-state index < -0.39 is 21.8 Å². The predicted molar refractivity (Wildman–Crippen MR) is 114 cm³/mol. The number of hydrazine groups is 1. The van der Waals surface area contributed by atoms with Gasteiger partial charge in [-0.25, -0.2) is 12.7 Å². The summed E-state index contributed by atoms with van der Waals surface area (Å²) in [5.41, 5.74) is 5.43. The fourth-order valence-corrected chi connectivity index (χ4v) is 3.55. The van der Waals surface area contributed by atoms with Gasteiger partial charge >= 0.3 is 0 Å². The van der Waals surface area contributed by atoms with E-state index in [2.05, 4.69) is 10.9 Å². The largest absolute Gasteiger partial charge is 0.483 e. The lowest BCUT2D eigenvalue weighted by molar-refractivity contribution is -0.123. The molecule has 30 heavy (non-hydrogen) atoms. The molecule has 0 aliphatic heterocycles. The number of sulfonamides is 1. The zero-order valence-corrected chi connectivity index (χ0v) is 18.5. The summed E-state index contributed by atoms with van der Waals surface area (Å²) in [6, 6.07) is 13.0. The van der Waals surface area contributed by atoms with Crippen molar-refractivity contribution in [2.45, 2.75) is 31.1 Å². The van der Waals surface area contributed by atoms with Gasteiger partial charge in [0.05, 0.1) is 4.90 Å². The van der Waals surface area contributed by atoms with E-state index in [9.17, 15) is 18.0 Å². The van der Waals surface area contributed by atoms with Crippen LogP contribution in [0.2, 0.25) is 0 Å². The smallest absolute Gasteiger partial charge is 0.276 e. The summed E-state index contributed by atoms with van der Waals surface area (Å²) < 4.78 is 31.1. The molecule has 0 saturated carbocycles. The fourth-order valence-electron chi connectivity index (χ4n) is 2.60. The van der Waals surface area contributed by atoms with Crippen molar-refractivity contribution in [2.75, 3.05) is 20.7 Å². The molecule has 0 radical (unpaired) electrons. The first kappa shape index (κ1) is 23.4. The van der Waals surface area contributed by atoms with Crippen LogP contribution in [0, 0.1) is 0 Å². The number of hydrogen-bond acceptors (Lipinski definition) is 5. The number of nitrogens with one attached hydrogen (secondary N) is 2. The van der Waals surface area contributed by atoms with E-state index in [1.54, 1.807) is 6.07 Å². The van der Waals surface area contributed by atoms with Crippen LogP contribution in [-0.2, 0) is 20.2 Å². The molecule has 0 saturated heterocycles. The van der Waals surface area contributed by atoms with Crippen molar-refractivity contribution < 1.29 is 22.7 Å². The second kappa shape index (κ2) is 9.27. The van der Waals surface area contributed by atoms with Crippen LogP contribution in [0.4, 0.5) is 0 Å². The van der Waals surface area contributed by atoms with Gasteiger partial charge in [0.15, 0.2) is 6.61 Å². The van der Waals surface area contributed by atoms with Gasteiger partial charge in [0.2, 0.25) is 10.0 Å². The third kappa shape index (κ3) is 5.80. The lowest BCUT2D eigenvalue weighted by atomic mass is 9.86. The third-order valence-corrected chi connectivity index (χ3v) is 6.06. The topological polar surface area (TPSA) is 105 Å². The van der Waals surface area contributed by atoms with Crippen molar-refractivity contribution in [1.82, 2.24) is 15.2 Å². The molecule has 2 amide bonds. The number of ether oxygens (including phenoxy) is 1. The van der Waals surface area contributed by atoms with Gasteiger partial charge < -0.3 is 4.74 Å². The Morgan fingerprint density at radius 3 is 2.30 bits per heavy atom. The van der Waals surface area contributed by atoms with E-state index in [4.69, 9.17) is 4.74 Å². The Kier molecular flexibility index (Phi) is 7.22.